The summed E-state index contributed by atoms with van der Waals surface area (Å²) in [6, 6.07) is 19.0. The summed E-state index contributed by atoms with van der Waals surface area (Å²) in [7, 11) is 0. The fraction of sp³-hybridized carbons (Fsp3) is 0.289. The van der Waals surface area contributed by atoms with Crippen molar-refractivity contribution in [2.24, 2.45) is 5.92 Å². The molecule has 0 bridgehead atoms. The second-order valence-corrected chi connectivity index (χ2v) is 13.4. The molecule has 0 fully saturated rings. The van der Waals surface area contributed by atoms with Crippen LogP contribution in [0, 0.1) is 17.6 Å². The van der Waals surface area contributed by atoms with Crippen LogP contribution in [0.3, 0.4) is 0 Å². The molecule has 0 spiro atoms. The Labute approximate surface area is 266 Å². The van der Waals surface area contributed by atoms with Crippen molar-refractivity contribution in [3.8, 4) is 32.0 Å². The van der Waals surface area contributed by atoms with Crippen molar-refractivity contribution in [1.82, 2.24) is 4.37 Å². The Morgan fingerprint density at radius 2 is 1.57 bits per heavy atom. The lowest BCUT2D eigenvalue weighted by atomic mass is 9.92. The molecule has 3 aromatic carbocycles. The number of unbranched alkanes of at least 4 members (excludes halogenated alkanes) is 1. The molecule has 44 heavy (non-hydrogen) atoms. The second kappa shape index (κ2) is 13.6. The Hall–Kier alpha value is -3.61. The standard InChI is InChI=1S/C38H37F2NOS2/c1-3-5-6-24(4-2)7-8-25-9-15-31(34(39)21-25)36-19-20-37(44-36)32-18-17-29(33-23-43-41-38(32)33)30-16-12-27(22-35(30)40)26-10-13-28(42)14-11-26/h9-10,12-13,15-24,42H,3-8,11,14H2,1-2H3. The maximum Gasteiger partial charge on any atom is 0.132 e. The van der Waals surface area contributed by atoms with E-state index in [-0.39, 0.29) is 11.6 Å². The third-order valence-electron chi connectivity index (χ3n) is 8.84. The number of hydrogen-bond donors (Lipinski definition) is 1. The molecule has 0 saturated carbocycles. The van der Waals surface area contributed by atoms with Crippen LogP contribution in [0.5, 0.6) is 0 Å². The van der Waals surface area contributed by atoms with Gasteiger partial charge < -0.3 is 5.11 Å². The molecule has 1 aliphatic rings. The molecule has 2 nitrogen and oxygen atoms in total. The molecule has 1 atom stereocenters. The molecule has 0 amide bonds. The number of hydrogen-bond acceptors (Lipinski definition) is 4. The van der Waals surface area contributed by atoms with Gasteiger partial charge in [-0.2, -0.15) is 4.37 Å². The van der Waals surface area contributed by atoms with E-state index in [1.54, 1.807) is 29.5 Å². The van der Waals surface area contributed by atoms with Gasteiger partial charge in [0.25, 0.3) is 0 Å². The molecule has 0 radical (unpaired) electrons. The lowest BCUT2D eigenvalue weighted by Crippen LogP contribution is -2.01. The van der Waals surface area contributed by atoms with Crippen LogP contribution in [0.4, 0.5) is 8.78 Å². The Morgan fingerprint density at radius 1 is 0.818 bits per heavy atom. The average Bonchev–Trinajstić information content (AvgIpc) is 3.72. The summed E-state index contributed by atoms with van der Waals surface area (Å²) in [5.41, 5.74) is 6.64. The van der Waals surface area contributed by atoms with Crippen molar-refractivity contribution < 1.29 is 13.9 Å². The highest BCUT2D eigenvalue weighted by atomic mass is 32.1. The molecule has 2 heterocycles. The number of allylic oxidation sites excluding steroid dienone is 4. The van der Waals surface area contributed by atoms with Gasteiger partial charge >= 0.3 is 0 Å². The maximum atomic E-state index is 15.5. The van der Waals surface area contributed by atoms with Crippen LogP contribution in [0.1, 0.15) is 69.9 Å². The lowest BCUT2D eigenvalue weighted by molar-refractivity contribution is 0.388. The molecule has 6 heteroatoms. The van der Waals surface area contributed by atoms with E-state index in [1.807, 2.05) is 53.9 Å². The van der Waals surface area contributed by atoms with Gasteiger partial charge in [-0.1, -0.05) is 82.0 Å². The zero-order valence-corrected chi connectivity index (χ0v) is 26.8. The number of fused-ring (bicyclic) bond motifs is 1. The van der Waals surface area contributed by atoms with Crippen LogP contribution in [0.25, 0.3) is 48.5 Å². The van der Waals surface area contributed by atoms with Gasteiger partial charge in [-0.05, 0) is 89.3 Å². The van der Waals surface area contributed by atoms with E-state index in [9.17, 15) is 5.11 Å². The largest absolute Gasteiger partial charge is 0.512 e. The minimum atomic E-state index is -0.286. The molecule has 1 N–H and O–H groups in total. The summed E-state index contributed by atoms with van der Waals surface area (Å²) in [5, 5.41) is 12.5. The molecular weight excluding hydrogens is 589 g/mol. The quantitative estimate of drug-likeness (QED) is 0.158. The zero-order valence-electron chi connectivity index (χ0n) is 25.2. The first-order chi connectivity index (χ1) is 21.4. The Balaban J connectivity index is 1.24. The highest BCUT2D eigenvalue weighted by Crippen LogP contribution is 2.42. The number of aromatic nitrogens is 1. The van der Waals surface area contributed by atoms with E-state index < -0.39 is 0 Å². The number of nitrogens with zero attached hydrogens (tertiary/aromatic N) is 1. The van der Waals surface area contributed by atoms with Gasteiger partial charge in [0, 0.05) is 43.6 Å². The molecule has 6 rings (SSSR count). The predicted molar refractivity (Wildman–Crippen MR) is 183 cm³/mol. The number of benzene rings is 3. The van der Waals surface area contributed by atoms with Crippen molar-refractivity contribution in [2.75, 3.05) is 0 Å². The van der Waals surface area contributed by atoms with E-state index in [0.717, 1.165) is 61.3 Å². The van der Waals surface area contributed by atoms with Crippen molar-refractivity contribution in [3.63, 3.8) is 0 Å². The first kappa shape index (κ1) is 30.4. The minimum absolute atomic E-state index is 0.178. The SMILES string of the molecule is CCCCC(CC)CCc1ccc(-c2ccc(-c3ccc(-c4ccc(C5=CC=C(O)CC5)cc4F)c4csnc34)s2)c(F)c1. The van der Waals surface area contributed by atoms with Crippen LogP contribution in [0.15, 0.2) is 84.0 Å². The minimum Gasteiger partial charge on any atom is -0.512 e. The summed E-state index contributed by atoms with van der Waals surface area (Å²) in [6.45, 7) is 4.48. The van der Waals surface area contributed by atoms with Crippen molar-refractivity contribution in [1.29, 1.82) is 0 Å². The van der Waals surface area contributed by atoms with E-state index >= 15 is 8.78 Å². The Bertz CT molecular complexity index is 1850. The third-order valence-corrected chi connectivity index (χ3v) is 10.6. The first-order valence-corrected chi connectivity index (χ1v) is 17.3. The summed E-state index contributed by atoms with van der Waals surface area (Å²) in [4.78, 5) is 1.89. The molecule has 0 saturated heterocycles. The molecule has 2 aromatic heterocycles. The normalized spacial score (nSPS) is 14.1. The summed E-state index contributed by atoms with van der Waals surface area (Å²) >= 11 is 2.91. The fourth-order valence-electron chi connectivity index (χ4n) is 6.15. The predicted octanol–water partition coefficient (Wildman–Crippen LogP) is 12.4. The van der Waals surface area contributed by atoms with Gasteiger partial charge in [0.1, 0.15) is 11.6 Å². The number of halogens is 2. The number of thiophene rings is 1. The van der Waals surface area contributed by atoms with E-state index in [2.05, 4.69) is 19.9 Å². The summed E-state index contributed by atoms with van der Waals surface area (Å²) in [5.74, 6) is 0.594. The molecule has 226 valence electrons. The van der Waals surface area contributed by atoms with Gasteiger partial charge in [0.05, 0.1) is 11.3 Å². The number of aryl methyl sites for hydroxylation is 1. The van der Waals surface area contributed by atoms with Crippen LogP contribution in [-0.4, -0.2) is 9.48 Å². The first-order valence-electron chi connectivity index (χ1n) is 15.6. The van der Waals surface area contributed by atoms with Crippen molar-refractivity contribution >= 4 is 39.3 Å². The second-order valence-electron chi connectivity index (χ2n) is 11.7. The fourth-order valence-corrected chi connectivity index (χ4v) is 7.91. The van der Waals surface area contributed by atoms with Crippen LogP contribution < -0.4 is 0 Å². The van der Waals surface area contributed by atoms with Crippen molar-refractivity contribution in [3.05, 3.63) is 107 Å². The van der Waals surface area contributed by atoms with Gasteiger partial charge in [-0.15, -0.1) is 11.3 Å². The van der Waals surface area contributed by atoms with Crippen LogP contribution >= 0.6 is 22.9 Å². The highest BCUT2D eigenvalue weighted by molar-refractivity contribution is 7.19. The van der Waals surface area contributed by atoms with E-state index in [0.29, 0.717) is 35.6 Å². The van der Waals surface area contributed by atoms with E-state index in [4.69, 9.17) is 4.37 Å². The average molecular weight is 626 g/mol. The number of rotatable bonds is 11. The Kier molecular flexibility index (Phi) is 9.39. The number of aliphatic hydroxyl groups is 1. The maximum absolute atomic E-state index is 15.5. The van der Waals surface area contributed by atoms with Gasteiger partial charge in [0.2, 0.25) is 0 Å². The van der Waals surface area contributed by atoms with Crippen LogP contribution in [-0.2, 0) is 6.42 Å². The van der Waals surface area contributed by atoms with E-state index in [1.165, 1.54) is 37.2 Å². The molecule has 1 aliphatic carbocycles. The molecular formula is C38H37F2NOS2. The highest BCUT2D eigenvalue weighted by Gasteiger charge is 2.18. The summed E-state index contributed by atoms with van der Waals surface area (Å²) in [6.07, 6.45) is 11.7. The van der Waals surface area contributed by atoms with Gasteiger partial charge in [0.15, 0.2) is 0 Å². The summed E-state index contributed by atoms with van der Waals surface area (Å²) < 4.78 is 35.5. The monoisotopic (exact) mass is 625 g/mol. The molecule has 1 unspecified atom stereocenters. The van der Waals surface area contributed by atoms with Crippen LogP contribution in [0.2, 0.25) is 0 Å². The topological polar surface area (TPSA) is 33.1 Å². The van der Waals surface area contributed by atoms with Gasteiger partial charge in [-0.3, -0.25) is 0 Å². The Morgan fingerprint density at radius 3 is 2.30 bits per heavy atom. The molecule has 5 aromatic rings. The third kappa shape index (κ3) is 6.43. The lowest BCUT2D eigenvalue weighted by Gasteiger charge is -2.14. The smallest absolute Gasteiger partial charge is 0.132 e. The molecule has 0 aliphatic heterocycles. The zero-order chi connectivity index (χ0) is 30.6. The number of aliphatic hydroxyl groups excluding tert-OH is 1. The van der Waals surface area contributed by atoms with Crippen molar-refractivity contribution in [2.45, 2.75) is 65.2 Å². The van der Waals surface area contributed by atoms with Gasteiger partial charge in [-0.25, -0.2) is 8.78 Å².